The monoisotopic (exact) mass is 553 g/mol. The maximum absolute atomic E-state index is 13.8. The maximum atomic E-state index is 13.8. The fraction of sp³-hybridized carbons (Fsp3) is 0.360. The zero-order valence-electron chi connectivity index (χ0n) is 19.6. The van der Waals surface area contributed by atoms with E-state index in [0.717, 1.165) is 6.07 Å². The van der Waals surface area contributed by atoms with E-state index in [4.69, 9.17) is 11.6 Å². The van der Waals surface area contributed by atoms with Crippen molar-refractivity contribution < 1.29 is 31.5 Å². The van der Waals surface area contributed by atoms with Gasteiger partial charge in [-0.2, -0.15) is 0 Å². The normalized spacial score (nSPS) is 25.3. The molecule has 2 aromatic carbocycles. The first-order chi connectivity index (χ1) is 17.4. The van der Waals surface area contributed by atoms with Crippen molar-refractivity contribution in [1.29, 1.82) is 0 Å². The van der Waals surface area contributed by atoms with Crippen LogP contribution in [-0.4, -0.2) is 34.2 Å². The number of aromatic nitrogens is 2. The van der Waals surface area contributed by atoms with Gasteiger partial charge in [-0.1, -0.05) is 11.6 Å². The zero-order chi connectivity index (χ0) is 26.7. The third-order valence-corrected chi connectivity index (χ3v) is 10.3. The smallest absolute Gasteiger partial charge is 0.255 e. The number of nitrogens with zero attached hydrogens (tertiary/aromatic N) is 2. The molecule has 4 atom stereocenters. The number of rotatable bonds is 5. The van der Waals surface area contributed by atoms with Gasteiger partial charge in [-0.3, -0.25) is 4.79 Å². The molecule has 3 aromatic rings. The fourth-order valence-corrected chi connectivity index (χ4v) is 8.71. The van der Waals surface area contributed by atoms with Gasteiger partial charge < -0.3 is 15.0 Å². The van der Waals surface area contributed by atoms with E-state index in [-0.39, 0.29) is 45.8 Å². The van der Waals surface area contributed by atoms with Crippen LogP contribution in [0.15, 0.2) is 47.6 Å². The van der Waals surface area contributed by atoms with Crippen LogP contribution in [0.1, 0.15) is 41.9 Å². The molecule has 7 nitrogen and oxygen atoms in total. The van der Waals surface area contributed by atoms with Crippen molar-refractivity contribution in [2.24, 2.45) is 18.9 Å². The van der Waals surface area contributed by atoms with E-state index >= 15 is 0 Å². The lowest BCUT2D eigenvalue weighted by Crippen LogP contribution is -2.45. The summed E-state index contributed by atoms with van der Waals surface area (Å²) in [5.41, 5.74) is -1.69. The largest absolute Gasteiger partial charge is 0.382 e. The van der Waals surface area contributed by atoms with Gasteiger partial charge in [0, 0.05) is 42.8 Å². The zero-order valence-corrected chi connectivity index (χ0v) is 21.2. The molecular formula is C25H23ClF3N3O4S. The number of aliphatic hydroxyl groups is 1. The fourth-order valence-electron chi connectivity index (χ4n) is 5.87. The molecule has 2 bridgehead atoms. The summed E-state index contributed by atoms with van der Waals surface area (Å²) >= 11 is 6.28. The molecule has 0 spiro atoms. The minimum Gasteiger partial charge on any atom is -0.382 e. The summed E-state index contributed by atoms with van der Waals surface area (Å²) in [7, 11) is -2.25. The summed E-state index contributed by atoms with van der Waals surface area (Å²) in [6, 6.07) is 4.91. The first kappa shape index (κ1) is 25.7. The molecule has 2 unspecified atom stereocenters. The Morgan fingerprint density at radius 3 is 2.32 bits per heavy atom. The Balaban J connectivity index is 1.43. The number of hydrogen-bond donors (Lipinski definition) is 2. The Morgan fingerprint density at radius 1 is 1.14 bits per heavy atom. The van der Waals surface area contributed by atoms with Crippen molar-refractivity contribution in [3.63, 3.8) is 0 Å². The number of carbonyl (C=O) groups is 1. The highest BCUT2D eigenvalue weighted by molar-refractivity contribution is 7.92. The van der Waals surface area contributed by atoms with Gasteiger partial charge in [-0.15, -0.1) is 0 Å². The molecule has 1 amide bonds. The van der Waals surface area contributed by atoms with Crippen LogP contribution in [-0.2, 0) is 22.5 Å². The number of halogens is 4. The molecule has 2 N–H and O–H groups in total. The van der Waals surface area contributed by atoms with Crippen molar-refractivity contribution in [3.8, 4) is 0 Å². The van der Waals surface area contributed by atoms with Gasteiger partial charge in [0.2, 0.25) is 0 Å². The van der Waals surface area contributed by atoms with Crippen molar-refractivity contribution in [1.82, 2.24) is 9.55 Å². The van der Waals surface area contributed by atoms with E-state index in [2.05, 4.69) is 10.3 Å². The topological polar surface area (TPSA) is 101 Å². The van der Waals surface area contributed by atoms with E-state index < -0.39 is 44.0 Å². The average Bonchev–Trinajstić information content (AvgIpc) is 3.39. The number of amides is 1. The van der Waals surface area contributed by atoms with Crippen LogP contribution >= 0.6 is 11.6 Å². The first-order valence-corrected chi connectivity index (χ1v) is 13.5. The molecule has 196 valence electrons. The van der Waals surface area contributed by atoms with Gasteiger partial charge in [0.05, 0.1) is 15.2 Å². The van der Waals surface area contributed by atoms with Crippen LogP contribution in [0, 0.1) is 29.3 Å². The lowest BCUT2D eigenvalue weighted by atomic mass is 9.76. The number of aryl methyl sites for hydroxylation is 1. The molecule has 0 radical (unpaired) electrons. The van der Waals surface area contributed by atoms with Crippen molar-refractivity contribution in [3.05, 3.63) is 76.6 Å². The first-order valence-electron chi connectivity index (χ1n) is 11.6. The van der Waals surface area contributed by atoms with E-state index in [1.54, 1.807) is 24.0 Å². The van der Waals surface area contributed by atoms with E-state index in [1.165, 1.54) is 12.1 Å². The van der Waals surface area contributed by atoms with Gasteiger partial charge in [0.25, 0.3) is 5.91 Å². The highest BCUT2D eigenvalue weighted by Crippen LogP contribution is 2.54. The van der Waals surface area contributed by atoms with Gasteiger partial charge in [0.1, 0.15) is 11.4 Å². The quantitative estimate of drug-likeness (QED) is 0.450. The molecule has 2 aliphatic rings. The van der Waals surface area contributed by atoms with E-state index in [0.29, 0.717) is 30.8 Å². The van der Waals surface area contributed by atoms with Crippen LogP contribution in [0.4, 0.5) is 18.9 Å². The molecule has 2 aliphatic carbocycles. The number of sulfone groups is 1. The molecule has 0 saturated heterocycles. The molecule has 1 aromatic heterocycles. The van der Waals surface area contributed by atoms with Crippen molar-refractivity contribution in [2.75, 3.05) is 5.32 Å². The molecule has 12 heteroatoms. The van der Waals surface area contributed by atoms with E-state index in [1.807, 2.05) is 0 Å². The Morgan fingerprint density at radius 2 is 1.76 bits per heavy atom. The summed E-state index contributed by atoms with van der Waals surface area (Å²) in [6.07, 6.45) is 4.98. The predicted octanol–water partition coefficient (Wildman–Crippen LogP) is 4.59. The van der Waals surface area contributed by atoms with Crippen LogP contribution in [0.2, 0.25) is 5.02 Å². The number of anilines is 1. The number of hydrogen-bond acceptors (Lipinski definition) is 5. The highest BCUT2D eigenvalue weighted by atomic mass is 35.5. The molecule has 37 heavy (non-hydrogen) atoms. The lowest BCUT2D eigenvalue weighted by Gasteiger charge is -2.40. The molecule has 5 rings (SSSR count). The summed E-state index contributed by atoms with van der Waals surface area (Å²) < 4.78 is 69.7. The molecule has 2 saturated carbocycles. The van der Waals surface area contributed by atoms with Crippen LogP contribution in [0.25, 0.3) is 0 Å². The number of fused-ring (bicyclic) bond motifs is 2. The second-order valence-electron chi connectivity index (χ2n) is 9.76. The minimum absolute atomic E-state index is 0.0697. The SMILES string of the molecule is Cn1ccnc1[C@]1(O)CC2CC[C@@H](C1)C2S(=O)(=O)c1cc(C(=O)Nc2cc(F)c(F)c(F)c2)ccc1Cl. The van der Waals surface area contributed by atoms with Gasteiger partial charge >= 0.3 is 0 Å². The second kappa shape index (κ2) is 9.14. The third kappa shape index (κ3) is 4.42. The lowest BCUT2D eigenvalue weighted by molar-refractivity contribution is -0.0337. The summed E-state index contributed by atoms with van der Waals surface area (Å²) in [4.78, 5) is 16.8. The van der Waals surface area contributed by atoms with Gasteiger partial charge in [0.15, 0.2) is 27.3 Å². The van der Waals surface area contributed by atoms with Crippen molar-refractivity contribution >= 4 is 33.0 Å². The Hall–Kier alpha value is -2.89. The minimum atomic E-state index is -4.03. The maximum Gasteiger partial charge on any atom is 0.255 e. The molecule has 2 fully saturated rings. The third-order valence-electron chi connectivity index (χ3n) is 7.37. The van der Waals surface area contributed by atoms with Crippen LogP contribution < -0.4 is 5.32 Å². The van der Waals surface area contributed by atoms with Crippen LogP contribution in [0.5, 0.6) is 0 Å². The van der Waals surface area contributed by atoms with E-state index in [9.17, 15) is 31.5 Å². The number of imidazole rings is 1. The van der Waals surface area contributed by atoms with Crippen molar-refractivity contribution in [2.45, 2.75) is 41.4 Å². The molecule has 0 aliphatic heterocycles. The summed E-state index contributed by atoms with van der Waals surface area (Å²) in [5.74, 6) is -5.68. The highest BCUT2D eigenvalue weighted by Gasteiger charge is 2.55. The average molecular weight is 554 g/mol. The number of carbonyl (C=O) groups excluding carboxylic acids is 1. The molecular weight excluding hydrogens is 531 g/mol. The Kier molecular flexibility index (Phi) is 6.36. The standard InChI is InChI=1S/C25H23ClF3N3O4S/c1-32-7-6-30-24(32)25(34)11-14-2-3-15(12-25)22(14)37(35,36)20-8-13(4-5-17(20)26)23(33)31-16-9-18(27)21(29)19(28)10-16/h4-10,14-15,22,34H,2-3,11-12H2,1H3,(H,31,33)/t14-,15?,22?,25+/m0/s1. The Labute approximate surface area is 216 Å². The number of nitrogens with one attached hydrogen (secondary N) is 1. The predicted molar refractivity (Wildman–Crippen MR) is 129 cm³/mol. The summed E-state index contributed by atoms with van der Waals surface area (Å²) in [5, 5.41) is 12.8. The van der Waals surface area contributed by atoms with Crippen LogP contribution in [0.3, 0.4) is 0 Å². The van der Waals surface area contributed by atoms with Gasteiger partial charge in [-0.05, 0) is 55.7 Å². The molecule has 1 heterocycles. The second-order valence-corrected chi connectivity index (χ2v) is 12.2. The number of benzene rings is 2. The van der Waals surface area contributed by atoms with Gasteiger partial charge in [-0.25, -0.2) is 26.6 Å². The summed E-state index contributed by atoms with van der Waals surface area (Å²) in [6.45, 7) is 0. The Bertz CT molecular complexity index is 1470.